The van der Waals surface area contributed by atoms with E-state index in [1.165, 1.54) is 11.3 Å². The van der Waals surface area contributed by atoms with E-state index in [9.17, 15) is 0 Å². The van der Waals surface area contributed by atoms with Crippen LogP contribution in [-0.4, -0.2) is 30.9 Å². The molecule has 0 amide bonds. The van der Waals surface area contributed by atoms with Crippen LogP contribution in [0.15, 0.2) is 22.5 Å². The molecule has 0 radical (unpaired) electrons. The summed E-state index contributed by atoms with van der Waals surface area (Å²) >= 11 is 1.84. The maximum absolute atomic E-state index is 4.17. The molecule has 1 aromatic heterocycles. The SMILES string of the molecule is C1=NCN(CCc2cccs2)C1. The molecule has 1 aliphatic heterocycles. The van der Waals surface area contributed by atoms with Crippen molar-refractivity contribution in [3.63, 3.8) is 0 Å². The summed E-state index contributed by atoms with van der Waals surface area (Å²) in [5, 5.41) is 2.13. The van der Waals surface area contributed by atoms with Gasteiger partial charge in [0.15, 0.2) is 0 Å². The average Bonchev–Trinajstić information content (AvgIpc) is 2.74. The van der Waals surface area contributed by atoms with Crippen LogP contribution in [0.4, 0.5) is 0 Å². The fraction of sp³-hybridized carbons (Fsp3) is 0.444. The first-order valence-electron chi connectivity index (χ1n) is 4.18. The highest BCUT2D eigenvalue weighted by molar-refractivity contribution is 7.09. The minimum absolute atomic E-state index is 0.894. The molecule has 2 nitrogen and oxygen atoms in total. The molecular weight excluding hydrogens is 168 g/mol. The molecule has 0 saturated carbocycles. The maximum Gasteiger partial charge on any atom is 0.0909 e. The molecule has 3 heteroatoms. The van der Waals surface area contributed by atoms with E-state index in [4.69, 9.17) is 0 Å². The lowest BCUT2D eigenvalue weighted by Gasteiger charge is -2.11. The van der Waals surface area contributed by atoms with Crippen molar-refractivity contribution < 1.29 is 0 Å². The van der Waals surface area contributed by atoms with Gasteiger partial charge in [-0.15, -0.1) is 11.3 Å². The summed E-state index contributed by atoms with van der Waals surface area (Å²) in [6, 6.07) is 4.31. The van der Waals surface area contributed by atoms with Gasteiger partial charge in [0, 0.05) is 24.2 Å². The molecule has 1 aromatic rings. The Hall–Kier alpha value is -0.670. The topological polar surface area (TPSA) is 15.6 Å². The fourth-order valence-corrected chi connectivity index (χ4v) is 1.99. The first-order valence-corrected chi connectivity index (χ1v) is 5.06. The number of aliphatic imine (C=N–C) groups is 1. The van der Waals surface area contributed by atoms with E-state index in [2.05, 4.69) is 27.4 Å². The van der Waals surface area contributed by atoms with Gasteiger partial charge in [0.25, 0.3) is 0 Å². The van der Waals surface area contributed by atoms with Gasteiger partial charge in [-0.1, -0.05) is 6.07 Å². The average molecular weight is 180 g/mol. The minimum atomic E-state index is 0.894. The lowest BCUT2D eigenvalue weighted by atomic mass is 10.3. The van der Waals surface area contributed by atoms with Crippen LogP contribution in [0.1, 0.15) is 4.88 Å². The second-order valence-electron chi connectivity index (χ2n) is 2.91. The Balaban J connectivity index is 1.75. The molecule has 0 aliphatic carbocycles. The van der Waals surface area contributed by atoms with E-state index in [0.717, 1.165) is 19.8 Å². The van der Waals surface area contributed by atoms with Gasteiger partial charge < -0.3 is 0 Å². The van der Waals surface area contributed by atoms with Gasteiger partial charge in [-0.3, -0.25) is 9.89 Å². The summed E-state index contributed by atoms with van der Waals surface area (Å²) in [5.41, 5.74) is 0. The fourth-order valence-electron chi connectivity index (χ4n) is 1.29. The highest BCUT2D eigenvalue weighted by Gasteiger charge is 2.06. The Labute approximate surface area is 76.5 Å². The molecule has 0 fully saturated rings. The summed E-state index contributed by atoms with van der Waals surface area (Å²) in [7, 11) is 0. The van der Waals surface area contributed by atoms with Gasteiger partial charge in [-0.25, -0.2) is 0 Å². The third-order valence-corrected chi connectivity index (χ3v) is 2.94. The zero-order valence-corrected chi connectivity index (χ0v) is 7.76. The Morgan fingerprint density at radius 3 is 3.25 bits per heavy atom. The highest BCUT2D eigenvalue weighted by atomic mass is 32.1. The van der Waals surface area contributed by atoms with Gasteiger partial charge >= 0.3 is 0 Å². The molecule has 64 valence electrons. The lowest BCUT2D eigenvalue weighted by Crippen LogP contribution is -2.23. The molecule has 12 heavy (non-hydrogen) atoms. The molecule has 0 aromatic carbocycles. The van der Waals surface area contributed by atoms with E-state index in [1.54, 1.807) is 0 Å². The molecule has 0 atom stereocenters. The Bertz CT molecular complexity index is 246. The smallest absolute Gasteiger partial charge is 0.0909 e. The van der Waals surface area contributed by atoms with E-state index in [0.29, 0.717) is 0 Å². The second kappa shape index (κ2) is 3.83. The van der Waals surface area contributed by atoms with E-state index >= 15 is 0 Å². The van der Waals surface area contributed by atoms with Crippen molar-refractivity contribution in [2.24, 2.45) is 4.99 Å². The van der Waals surface area contributed by atoms with E-state index in [-0.39, 0.29) is 0 Å². The summed E-state index contributed by atoms with van der Waals surface area (Å²) in [6.07, 6.45) is 3.16. The zero-order chi connectivity index (χ0) is 8.23. The van der Waals surface area contributed by atoms with Crippen LogP contribution in [0.25, 0.3) is 0 Å². The van der Waals surface area contributed by atoms with E-state index < -0.39 is 0 Å². The number of nitrogens with zero attached hydrogens (tertiary/aromatic N) is 2. The maximum atomic E-state index is 4.17. The Morgan fingerprint density at radius 1 is 1.58 bits per heavy atom. The molecule has 1 aliphatic rings. The molecule has 0 spiro atoms. The van der Waals surface area contributed by atoms with Crippen molar-refractivity contribution in [1.29, 1.82) is 0 Å². The molecule has 0 saturated heterocycles. The van der Waals surface area contributed by atoms with Gasteiger partial charge in [-0.2, -0.15) is 0 Å². The zero-order valence-electron chi connectivity index (χ0n) is 6.94. The van der Waals surface area contributed by atoms with E-state index in [1.807, 2.05) is 17.6 Å². The molecule has 2 heterocycles. The predicted octanol–water partition coefficient (Wildman–Crippen LogP) is 1.63. The largest absolute Gasteiger partial charge is 0.281 e. The summed E-state index contributed by atoms with van der Waals surface area (Å²) in [4.78, 5) is 7.99. The van der Waals surface area contributed by atoms with Crippen molar-refractivity contribution in [3.05, 3.63) is 22.4 Å². The number of thiophene rings is 1. The van der Waals surface area contributed by atoms with Gasteiger partial charge in [0.2, 0.25) is 0 Å². The Morgan fingerprint density at radius 2 is 2.58 bits per heavy atom. The monoisotopic (exact) mass is 180 g/mol. The molecule has 0 unspecified atom stereocenters. The number of hydrogen-bond acceptors (Lipinski definition) is 3. The summed E-state index contributed by atoms with van der Waals surface area (Å²) < 4.78 is 0. The first kappa shape index (κ1) is 7.95. The van der Waals surface area contributed by atoms with Crippen LogP contribution in [0.2, 0.25) is 0 Å². The van der Waals surface area contributed by atoms with Crippen LogP contribution in [-0.2, 0) is 6.42 Å². The van der Waals surface area contributed by atoms with Crippen molar-refractivity contribution in [3.8, 4) is 0 Å². The van der Waals surface area contributed by atoms with Gasteiger partial charge in [0.05, 0.1) is 6.67 Å². The van der Waals surface area contributed by atoms with Crippen LogP contribution < -0.4 is 0 Å². The third kappa shape index (κ3) is 1.93. The summed E-state index contributed by atoms with van der Waals surface area (Å²) in [6.45, 7) is 3.07. The third-order valence-electron chi connectivity index (χ3n) is 2.01. The van der Waals surface area contributed by atoms with Crippen LogP contribution in [0, 0.1) is 0 Å². The van der Waals surface area contributed by atoms with Crippen molar-refractivity contribution in [2.75, 3.05) is 19.8 Å². The van der Waals surface area contributed by atoms with Crippen LogP contribution in [0.5, 0.6) is 0 Å². The van der Waals surface area contributed by atoms with Crippen molar-refractivity contribution >= 4 is 17.6 Å². The van der Waals surface area contributed by atoms with Crippen LogP contribution >= 0.6 is 11.3 Å². The summed E-state index contributed by atoms with van der Waals surface area (Å²) in [5.74, 6) is 0. The minimum Gasteiger partial charge on any atom is -0.281 e. The standard InChI is InChI=1S/C9H12N2S/c1-2-9(12-7-1)3-5-11-6-4-10-8-11/h1-2,4,7H,3,5-6,8H2. The van der Waals surface area contributed by atoms with Gasteiger partial charge in [0.1, 0.15) is 0 Å². The number of rotatable bonds is 3. The van der Waals surface area contributed by atoms with Gasteiger partial charge in [-0.05, 0) is 17.9 Å². The van der Waals surface area contributed by atoms with Crippen molar-refractivity contribution in [1.82, 2.24) is 4.90 Å². The number of hydrogen-bond donors (Lipinski definition) is 0. The quantitative estimate of drug-likeness (QED) is 0.690. The molecule has 0 bridgehead atoms. The lowest BCUT2D eigenvalue weighted by molar-refractivity contribution is 0.348. The first-order chi connectivity index (χ1) is 5.95. The van der Waals surface area contributed by atoms with Crippen LogP contribution in [0.3, 0.4) is 0 Å². The Kier molecular flexibility index (Phi) is 2.54. The normalized spacial score (nSPS) is 17.3. The molecule has 0 N–H and O–H groups in total. The highest BCUT2D eigenvalue weighted by Crippen LogP contribution is 2.10. The second-order valence-corrected chi connectivity index (χ2v) is 3.95. The molecule has 2 rings (SSSR count). The molecular formula is C9H12N2S. The van der Waals surface area contributed by atoms with Crippen molar-refractivity contribution in [2.45, 2.75) is 6.42 Å². The predicted molar refractivity (Wildman–Crippen MR) is 53.0 cm³/mol.